The molecular formula is C34H46N2O7Si. The van der Waals surface area contributed by atoms with Gasteiger partial charge in [-0.3, -0.25) is 4.79 Å². The van der Waals surface area contributed by atoms with E-state index in [1.807, 2.05) is 42.5 Å². The Kier molecular flexibility index (Phi) is 12.3. The molecule has 0 unspecified atom stereocenters. The van der Waals surface area contributed by atoms with E-state index in [1.54, 1.807) is 26.3 Å². The van der Waals surface area contributed by atoms with Gasteiger partial charge >= 0.3 is 11.9 Å². The van der Waals surface area contributed by atoms with Gasteiger partial charge in [0, 0.05) is 25.1 Å². The number of hydrogen-bond acceptors (Lipinski definition) is 9. The van der Waals surface area contributed by atoms with E-state index >= 15 is 0 Å². The molecule has 0 radical (unpaired) electrons. The van der Waals surface area contributed by atoms with Crippen LogP contribution in [-0.2, 0) is 32.1 Å². The molecule has 0 aliphatic carbocycles. The molecule has 10 heteroatoms. The van der Waals surface area contributed by atoms with E-state index in [2.05, 4.69) is 46.5 Å². The standard InChI is InChI=1S/C34H46N2O7Si/c1-10-40-34(38)32(42-25(8)37)20-26-19-28(43-44(22(2)3,23(4)5)24(6)7)15-16-30(26)41-21-27-17-18-35-33(36-27)29-13-11-12-14-31(29)39-9/h11-19,22-24,32H,10,20-21H2,1-9H3/t32-/m1/s1. The minimum atomic E-state index is -2.27. The zero-order valence-corrected chi connectivity index (χ0v) is 28.4. The fourth-order valence-electron chi connectivity index (χ4n) is 5.87. The number of carbonyl (C=O) groups excluding carboxylic acids is 2. The molecule has 0 bridgehead atoms. The largest absolute Gasteiger partial charge is 0.543 e. The van der Waals surface area contributed by atoms with Crippen molar-refractivity contribution in [3.63, 3.8) is 0 Å². The molecule has 3 rings (SSSR count). The van der Waals surface area contributed by atoms with Gasteiger partial charge in [-0.2, -0.15) is 0 Å². The first-order valence-electron chi connectivity index (χ1n) is 15.2. The first-order chi connectivity index (χ1) is 20.9. The van der Waals surface area contributed by atoms with Gasteiger partial charge < -0.3 is 23.4 Å². The summed E-state index contributed by atoms with van der Waals surface area (Å²) in [7, 11) is -0.665. The topological polar surface area (TPSA) is 106 Å². The average molecular weight is 623 g/mol. The lowest BCUT2D eigenvalue weighted by atomic mass is 10.1. The van der Waals surface area contributed by atoms with E-state index in [1.165, 1.54) is 6.92 Å². The van der Waals surface area contributed by atoms with E-state index in [9.17, 15) is 9.59 Å². The van der Waals surface area contributed by atoms with Gasteiger partial charge in [-0.05, 0) is 59.9 Å². The Balaban J connectivity index is 1.99. The summed E-state index contributed by atoms with van der Waals surface area (Å²) in [5, 5.41) is 0. The predicted molar refractivity (Wildman–Crippen MR) is 172 cm³/mol. The van der Waals surface area contributed by atoms with Crippen molar-refractivity contribution >= 4 is 20.3 Å². The second-order valence-corrected chi connectivity index (χ2v) is 17.0. The summed E-state index contributed by atoms with van der Waals surface area (Å²) in [6.07, 6.45) is 0.598. The molecule has 0 spiro atoms. The third-order valence-electron chi connectivity index (χ3n) is 7.73. The molecule has 0 saturated heterocycles. The molecule has 2 aromatic carbocycles. The number of methoxy groups -OCH3 is 1. The number of hydrogen-bond donors (Lipinski definition) is 0. The van der Waals surface area contributed by atoms with Crippen LogP contribution in [0, 0.1) is 0 Å². The zero-order chi connectivity index (χ0) is 32.4. The second kappa shape index (κ2) is 15.7. The van der Waals surface area contributed by atoms with Crippen molar-refractivity contribution in [3.05, 3.63) is 66.0 Å². The molecule has 3 aromatic rings. The average Bonchev–Trinajstić information content (AvgIpc) is 2.98. The van der Waals surface area contributed by atoms with E-state index < -0.39 is 26.4 Å². The van der Waals surface area contributed by atoms with Gasteiger partial charge in [0.05, 0.1) is 25.0 Å². The summed E-state index contributed by atoms with van der Waals surface area (Å²) in [4.78, 5) is 33.8. The number of benzene rings is 2. The molecule has 1 aromatic heterocycles. The second-order valence-electron chi connectivity index (χ2n) is 11.6. The van der Waals surface area contributed by atoms with Crippen molar-refractivity contribution in [1.29, 1.82) is 0 Å². The van der Waals surface area contributed by atoms with Gasteiger partial charge in [0.25, 0.3) is 8.32 Å². The van der Waals surface area contributed by atoms with Gasteiger partial charge in [-0.25, -0.2) is 14.8 Å². The number of carbonyl (C=O) groups is 2. The lowest BCUT2D eigenvalue weighted by molar-refractivity contribution is -0.166. The van der Waals surface area contributed by atoms with Gasteiger partial charge in [0.15, 0.2) is 5.82 Å². The zero-order valence-electron chi connectivity index (χ0n) is 27.4. The third-order valence-corrected chi connectivity index (χ3v) is 13.7. The highest BCUT2D eigenvalue weighted by molar-refractivity contribution is 6.78. The van der Waals surface area contributed by atoms with Gasteiger partial charge in [-0.15, -0.1) is 0 Å². The van der Waals surface area contributed by atoms with Crippen LogP contribution in [0.25, 0.3) is 11.4 Å². The van der Waals surface area contributed by atoms with Crippen molar-refractivity contribution in [2.45, 2.75) is 91.1 Å². The monoisotopic (exact) mass is 622 g/mol. The normalized spacial score (nSPS) is 12.3. The van der Waals surface area contributed by atoms with Crippen LogP contribution < -0.4 is 13.9 Å². The number of nitrogens with zero attached hydrogens (tertiary/aromatic N) is 2. The highest BCUT2D eigenvalue weighted by Gasteiger charge is 2.47. The summed E-state index contributed by atoms with van der Waals surface area (Å²) in [5.74, 6) is 1.20. The molecule has 0 aliphatic heterocycles. The molecule has 44 heavy (non-hydrogen) atoms. The highest BCUT2D eigenvalue weighted by Crippen LogP contribution is 2.43. The maximum Gasteiger partial charge on any atom is 0.347 e. The lowest BCUT2D eigenvalue weighted by Gasteiger charge is -2.42. The molecule has 0 N–H and O–H groups in total. The Labute approximate surface area is 262 Å². The van der Waals surface area contributed by atoms with Crippen molar-refractivity contribution in [2.24, 2.45) is 0 Å². The van der Waals surface area contributed by atoms with Gasteiger partial charge in [0.2, 0.25) is 6.10 Å². The number of aromatic nitrogens is 2. The SMILES string of the molecule is CCOC(=O)[C@@H](Cc1cc(O[Si](C(C)C)(C(C)C)C(C)C)ccc1OCc1ccnc(-c2ccccc2OC)n1)OC(C)=O. The van der Waals surface area contributed by atoms with Crippen LogP contribution in [0.1, 0.15) is 66.6 Å². The molecular weight excluding hydrogens is 576 g/mol. The Hall–Kier alpha value is -3.92. The van der Waals surface area contributed by atoms with Crippen LogP contribution in [-0.4, -0.2) is 50.0 Å². The van der Waals surface area contributed by atoms with Crippen molar-refractivity contribution in [1.82, 2.24) is 9.97 Å². The van der Waals surface area contributed by atoms with Crippen LogP contribution in [0.2, 0.25) is 16.6 Å². The minimum absolute atomic E-state index is 0.0563. The molecule has 0 amide bonds. The molecule has 1 heterocycles. The summed E-state index contributed by atoms with van der Waals surface area (Å²) in [5.41, 5.74) is 3.17. The highest BCUT2D eigenvalue weighted by atomic mass is 28.4. The van der Waals surface area contributed by atoms with Crippen molar-refractivity contribution in [2.75, 3.05) is 13.7 Å². The summed E-state index contributed by atoms with van der Waals surface area (Å²) in [6, 6.07) is 15.0. The molecule has 0 aliphatic rings. The van der Waals surface area contributed by atoms with Crippen LogP contribution in [0.15, 0.2) is 54.7 Å². The van der Waals surface area contributed by atoms with Crippen LogP contribution >= 0.6 is 0 Å². The van der Waals surface area contributed by atoms with Gasteiger partial charge in [-0.1, -0.05) is 53.7 Å². The van der Waals surface area contributed by atoms with E-state index in [0.717, 1.165) is 5.56 Å². The Morgan fingerprint density at radius 1 is 0.909 bits per heavy atom. The Bertz CT molecular complexity index is 1390. The van der Waals surface area contributed by atoms with Crippen LogP contribution in [0.5, 0.6) is 17.2 Å². The molecule has 9 nitrogen and oxygen atoms in total. The number of ether oxygens (including phenoxy) is 4. The summed E-state index contributed by atoms with van der Waals surface area (Å²) in [6.45, 7) is 16.6. The van der Waals surface area contributed by atoms with Gasteiger partial charge in [0.1, 0.15) is 23.9 Å². The molecule has 1 atom stereocenters. The van der Waals surface area contributed by atoms with E-state index in [-0.39, 0.29) is 19.6 Å². The predicted octanol–water partition coefficient (Wildman–Crippen LogP) is 7.32. The molecule has 0 saturated carbocycles. The summed E-state index contributed by atoms with van der Waals surface area (Å²) >= 11 is 0. The van der Waals surface area contributed by atoms with Crippen LogP contribution in [0.3, 0.4) is 0 Å². The first kappa shape index (κ1) is 34.6. The Morgan fingerprint density at radius 3 is 2.20 bits per heavy atom. The lowest BCUT2D eigenvalue weighted by Crippen LogP contribution is -2.50. The van der Waals surface area contributed by atoms with Crippen LogP contribution in [0.4, 0.5) is 0 Å². The smallest absolute Gasteiger partial charge is 0.347 e. The quantitative estimate of drug-likeness (QED) is 0.127. The number of rotatable bonds is 15. The summed E-state index contributed by atoms with van der Waals surface area (Å²) < 4.78 is 29.3. The fourth-order valence-corrected chi connectivity index (χ4v) is 11.1. The first-order valence-corrected chi connectivity index (χ1v) is 17.3. The fraction of sp³-hybridized carbons (Fsp3) is 0.471. The third kappa shape index (κ3) is 8.37. The number of esters is 2. The van der Waals surface area contributed by atoms with E-state index in [0.29, 0.717) is 51.0 Å². The maximum atomic E-state index is 12.8. The molecule has 0 fully saturated rings. The Morgan fingerprint density at radius 2 is 1.59 bits per heavy atom. The molecule has 238 valence electrons. The van der Waals surface area contributed by atoms with Crippen molar-refractivity contribution in [3.8, 4) is 28.6 Å². The number of para-hydroxylation sites is 1. The van der Waals surface area contributed by atoms with Crippen molar-refractivity contribution < 1.29 is 33.0 Å². The van der Waals surface area contributed by atoms with E-state index in [4.69, 9.17) is 28.4 Å². The maximum absolute atomic E-state index is 12.8. The minimum Gasteiger partial charge on any atom is -0.543 e.